The van der Waals surface area contributed by atoms with E-state index in [1.807, 2.05) is 30.1 Å². The summed E-state index contributed by atoms with van der Waals surface area (Å²) >= 11 is 12.3. The van der Waals surface area contributed by atoms with Gasteiger partial charge >= 0.3 is 0 Å². The predicted molar refractivity (Wildman–Crippen MR) is 114 cm³/mol. The fourth-order valence-electron chi connectivity index (χ4n) is 4.69. The van der Waals surface area contributed by atoms with Gasteiger partial charge in [-0.2, -0.15) is 0 Å². The van der Waals surface area contributed by atoms with Gasteiger partial charge in [0.2, 0.25) is 5.91 Å². The van der Waals surface area contributed by atoms with Gasteiger partial charge in [-0.05, 0) is 47.7 Å². The van der Waals surface area contributed by atoms with E-state index in [1.165, 1.54) is 5.56 Å². The normalized spacial score (nSPS) is 22.1. The number of nitrogens with zero attached hydrogens (tertiary/aromatic N) is 2. The van der Waals surface area contributed by atoms with Crippen LogP contribution in [0.3, 0.4) is 0 Å². The molecule has 1 aliphatic heterocycles. The number of fused-ring (bicyclic) bond motifs is 1. The molecule has 1 N–H and O–H groups in total. The first-order chi connectivity index (χ1) is 13.5. The van der Waals surface area contributed by atoms with Gasteiger partial charge in [0.15, 0.2) is 0 Å². The van der Waals surface area contributed by atoms with Crippen LogP contribution in [0.5, 0.6) is 0 Å². The molecule has 1 amide bonds. The van der Waals surface area contributed by atoms with Gasteiger partial charge in [0, 0.05) is 49.8 Å². The van der Waals surface area contributed by atoms with Crippen LogP contribution in [0.15, 0.2) is 42.5 Å². The number of carbonyl (C=O) groups excluding carboxylic acids is 1. The van der Waals surface area contributed by atoms with Gasteiger partial charge in [-0.25, -0.2) is 0 Å². The van der Waals surface area contributed by atoms with Crippen molar-refractivity contribution in [1.29, 1.82) is 0 Å². The first-order valence-electron chi connectivity index (χ1n) is 9.75. The highest BCUT2D eigenvalue weighted by Crippen LogP contribution is 2.43. The van der Waals surface area contributed by atoms with E-state index in [9.17, 15) is 4.79 Å². The fraction of sp³-hybridized carbons (Fsp3) is 0.409. The van der Waals surface area contributed by atoms with E-state index >= 15 is 0 Å². The van der Waals surface area contributed by atoms with E-state index in [1.54, 1.807) is 6.07 Å². The molecular weight excluding hydrogens is 393 g/mol. The molecule has 4 rings (SSSR count). The number of benzene rings is 2. The maximum absolute atomic E-state index is 13.9. The lowest BCUT2D eigenvalue weighted by molar-refractivity contribution is -0.145. The summed E-state index contributed by atoms with van der Waals surface area (Å²) in [7, 11) is 1.88. The zero-order valence-electron chi connectivity index (χ0n) is 16.0. The van der Waals surface area contributed by atoms with Crippen LogP contribution < -0.4 is 5.32 Å². The highest BCUT2D eigenvalue weighted by molar-refractivity contribution is 6.34. The van der Waals surface area contributed by atoms with E-state index in [4.69, 9.17) is 23.2 Å². The second kappa shape index (κ2) is 8.03. The number of aryl methyl sites for hydroxylation is 1. The maximum atomic E-state index is 13.9. The summed E-state index contributed by atoms with van der Waals surface area (Å²) in [6.45, 7) is 4.04. The van der Waals surface area contributed by atoms with Gasteiger partial charge in [0.25, 0.3) is 0 Å². The Bertz CT molecular complexity index is 862. The number of amides is 1. The number of hydrogen-bond donors (Lipinski definition) is 1. The van der Waals surface area contributed by atoms with Crippen LogP contribution in [0.2, 0.25) is 10.0 Å². The van der Waals surface area contributed by atoms with Crippen LogP contribution >= 0.6 is 23.2 Å². The first-order valence-corrected chi connectivity index (χ1v) is 10.5. The zero-order chi connectivity index (χ0) is 19.7. The molecule has 2 aromatic carbocycles. The molecule has 0 saturated carbocycles. The fourth-order valence-corrected chi connectivity index (χ4v) is 5.26. The largest absolute Gasteiger partial charge is 0.340 e. The Hall–Kier alpha value is -1.59. The molecule has 1 atom stereocenters. The van der Waals surface area contributed by atoms with Gasteiger partial charge in [-0.1, -0.05) is 47.5 Å². The Balaban J connectivity index is 1.68. The Morgan fingerprint density at radius 3 is 2.54 bits per heavy atom. The SMILES string of the molecule is CN(Cc1cc(Cl)cc(Cl)c1)C(=O)[C@]1(N2CCNCC2)CCc2ccccc21. The second-order valence-electron chi connectivity index (χ2n) is 7.69. The summed E-state index contributed by atoms with van der Waals surface area (Å²) in [5.41, 5.74) is 2.80. The van der Waals surface area contributed by atoms with Gasteiger partial charge < -0.3 is 10.2 Å². The molecule has 0 bridgehead atoms. The minimum atomic E-state index is -0.587. The summed E-state index contributed by atoms with van der Waals surface area (Å²) in [6.07, 6.45) is 1.76. The van der Waals surface area contributed by atoms with Crippen molar-refractivity contribution >= 4 is 29.1 Å². The summed E-state index contributed by atoms with van der Waals surface area (Å²) in [4.78, 5) is 18.1. The van der Waals surface area contributed by atoms with Crippen molar-refractivity contribution in [3.63, 3.8) is 0 Å². The molecule has 28 heavy (non-hydrogen) atoms. The number of carbonyl (C=O) groups is 1. The van der Waals surface area contributed by atoms with E-state index in [0.717, 1.165) is 50.1 Å². The average molecular weight is 418 g/mol. The van der Waals surface area contributed by atoms with Gasteiger partial charge in [-0.3, -0.25) is 9.69 Å². The zero-order valence-corrected chi connectivity index (χ0v) is 17.6. The quantitative estimate of drug-likeness (QED) is 0.823. The molecule has 1 fully saturated rings. The van der Waals surface area contributed by atoms with Gasteiger partial charge in [0.1, 0.15) is 5.54 Å². The van der Waals surface area contributed by atoms with Crippen molar-refractivity contribution in [1.82, 2.24) is 15.1 Å². The van der Waals surface area contributed by atoms with Crippen molar-refractivity contribution in [3.8, 4) is 0 Å². The van der Waals surface area contributed by atoms with E-state index in [-0.39, 0.29) is 5.91 Å². The first kappa shape index (κ1) is 19.7. The van der Waals surface area contributed by atoms with Crippen LogP contribution in [-0.2, 0) is 23.3 Å². The lowest BCUT2D eigenvalue weighted by Crippen LogP contribution is -2.60. The molecule has 0 aromatic heterocycles. The topological polar surface area (TPSA) is 35.6 Å². The van der Waals surface area contributed by atoms with Crippen molar-refractivity contribution in [2.45, 2.75) is 24.9 Å². The van der Waals surface area contributed by atoms with Crippen molar-refractivity contribution in [2.24, 2.45) is 0 Å². The molecule has 1 aliphatic carbocycles. The number of likely N-dealkylation sites (N-methyl/N-ethyl adjacent to an activating group) is 1. The monoisotopic (exact) mass is 417 g/mol. The number of rotatable bonds is 4. The Kier molecular flexibility index (Phi) is 5.66. The van der Waals surface area contributed by atoms with Crippen LogP contribution in [0.25, 0.3) is 0 Å². The van der Waals surface area contributed by atoms with Gasteiger partial charge in [-0.15, -0.1) is 0 Å². The smallest absolute Gasteiger partial charge is 0.247 e. The number of hydrogen-bond acceptors (Lipinski definition) is 3. The number of piperazine rings is 1. The highest BCUT2D eigenvalue weighted by Gasteiger charge is 2.50. The minimum Gasteiger partial charge on any atom is -0.340 e. The van der Waals surface area contributed by atoms with Crippen LogP contribution in [0.4, 0.5) is 0 Å². The third-order valence-corrected chi connectivity index (χ3v) is 6.35. The van der Waals surface area contributed by atoms with E-state index < -0.39 is 5.54 Å². The molecular formula is C22H25Cl2N3O. The molecule has 0 radical (unpaired) electrons. The molecule has 6 heteroatoms. The van der Waals surface area contributed by atoms with Crippen LogP contribution in [0, 0.1) is 0 Å². The summed E-state index contributed by atoms with van der Waals surface area (Å²) in [5.74, 6) is 0.149. The Morgan fingerprint density at radius 2 is 1.82 bits per heavy atom. The maximum Gasteiger partial charge on any atom is 0.247 e. The van der Waals surface area contributed by atoms with E-state index in [2.05, 4.69) is 28.4 Å². The second-order valence-corrected chi connectivity index (χ2v) is 8.57. The van der Waals surface area contributed by atoms with Crippen LogP contribution in [0.1, 0.15) is 23.1 Å². The predicted octanol–water partition coefficient (Wildman–Crippen LogP) is 3.70. The number of halogens is 2. The summed E-state index contributed by atoms with van der Waals surface area (Å²) < 4.78 is 0. The number of nitrogens with one attached hydrogen (secondary N) is 1. The van der Waals surface area contributed by atoms with Crippen molar-refractivity contribution < 1.29 is 4.79 Å². The molecule has 148 valence electrons. The highest BCUT2D eigenvalue weighted by atomic mass is 35.5. The molecule has 1 saturated heterocycles. The Morgan fingerprint density at radius 1 is 1.14 bits per heavy atom. The van der Waals surface area contributed by atoms with Crippen LogP contribution in [-0.4, -0.2) is 48.9 Å². The van der Waals surface area contributed by atoms with Gasteiger partial charge in [0.05, 0.1) is 0 Å². The van der Waals surface area contributed by atoms with Crippen molar-refractivity contribution in [3.05, 3.63) is 69.2 Å². The Labute approximate surface area is 176 Å². The lowest BCUT2D eigenvalue weighted by Gasteiger charge is -2.44. The minimum absolute atomic E-state index is 0.149. The lowest BCUT2D eigenvalue weighted by atomic mass is 9.87. The van der Waals surface area contributed by atoms with E-state index in [0.29, 0.717) is 16.6 Å². The molecule has 4 nitrogen and oxygen atoms in total. The summed E-state index contributed by atoms with van der Waals surface area (Å²) in [5, 5.41) is 4.58. The summed E-state index contributed by atoms with van der Waals surface area (Å²) in [6, 6.07) is 13.9. The third kappa shape index (κ3) is 3.55. The molecule has 0 spiro atoms. The van der Waals surface area contributed by atoms with Crippen molar-refractivity contribution in [2.75, 3.05) is 33.2 Å². The molecule has 2 aromatic rings. The molecule has 0 unspecified atom stereocenters. The molecule has 1 heterocycles. The molecule has 2 aliphatic rings. The standard InChI is InChI=1S/C22H25Cl2N3O/c1-26(15-16-12-18(23)14-19(24)13-16)21(28)22(27-10-8-25-9-11-27)7-6-17-4-2-3-5-20(17)22/h2-5,12-14,25H,6-11,15H2,1H3/t22-/m0/s1. The average Bonchev–Trinajstić information content (AvgIpc) is 3.08. The third-order valence-electron chi connectivity index (χ3n) is 5.92.